The molecule has 1 nitrogen and oxygen atoms in total. The highest BCUT2D eigenvalue weighted by Crippen LogP contribution is 2.08. The van der Waals surface area contributed by atoms with Crippen LogP contribution in [0, 0.1) is 0 Å². The number of hydrogen-bond acceptors (Lipinski definition) is 1. The van der Waals surface area contributed by atoms with Crippen molar-refractivity contribution in [2.45, 2.75) is 84.0 Å². The van der Waals surface area contributed by atoms with Crippen LogP contribution in [-0.4, -0.2) is 18.5 Å². The zero-order valence-electron chi connectivity index (χ0n) is 13.5. The minimum atomic E-state index is 0.961. The predicted octanol–water partition coefficient (Wildman–Crippen LogP) is 6.66. The predicted molar refractivity (Wildman–Crippen MR) is 94.8 cm³/mol. The first kappa shape index (κ1) is 20.2. The Morgan fingerprint density at radius 1 is 0.700 bits per heavy atom. The van der Waals surface area contributed by atoms with E-state index in [-0.39, 0.29) is 0 Å². The van der Waals surface area contributed by atoms with E-state index in [1.807, 2.05) is 0 Å². The minimum absolute atomic E-state index is 0.961. The van der Waals surface area contributed by atoms with Crippen LogP contribution in [0.4, 0.5) is 0 Å². The molecule has 2 heteroatoms. The van der Waals surface area contributed by atoms with Crippen molar-refractivity contribution in [1.29, 1.82) is 0 Å². The molecule has 0 rings (SSSR count). The number of rotatable bonds is 16. The summed E-state index contributed by atoms with van der Waals surface area (Å²) in [5.74, 6) is 0. The number of hydrogen-bond donors (Lipinski definition) is 0. The molecule has 20 heavy (non-hydrogen) atoms. The van der Waals surface area contributed by atoms with Gasteiger partial charge in [0.05, 0.1) is 0 Å². The van der Waals surface area contributed by atoms with Gasteiger partial charge in [-0.2, -0.15) is 0 Å². The van der Waals surface area contributed by atoms with Crippen molar-refractivity contribution in [1.82, 2.24) is 0 Å². The average molecular weight is 347 g/mol. The van der Waals surface area contributed by atoms with E-state index >= 15 is 0 Å². The second-order valence-electron chi connectivity index (χ2n) is 5.51. The van der Waals surface area contributed by atoms with E-state index in [4.69, 9.17) is 4.74 Å². The molecule has 0 radical (unpaired) electrons. The molecule has 120 valence electrons. The maximum Gasteiger partial charge on any atom is 0.0466 e. The number of unbranched alkanes of at least 4 members (excludes halogenated alkanes) is 9. The summed E-state index contributed by atoms with van der Waals surface area (Å²) in [7, 11) is 0. The molecule has 0 aromatic carbocycles. The van der Waals surface area contributed by atoms with Crippen LogP contribution >= 0.6 is 15.9 Å². The van der Waals surface area contributed by atoms with E-state index < -0.39 is 0 Å². The van der Waals surface area contributed by atoms with Crippen LogP contribution in [0.5, 0.6) is 0 Å². The summed E-state index contributed by atoms with van der Waals surface area (Å²) < 4.78 is 5.68. The fourth-order valence-corrected chi connectivity index (χ4v) is 2.61. The van der Waals surface area contributed by atoms with E-state index in [1.54, 1.807) is 0 Å². The molecular weight excluding hydrogens is 312 g/mol. The van der Waals surface area contributed by atoms with Gasteiger partial charge < -0.3 is 4.74 Å². The quantitative estimate of drug-likeness (QED) is 0.172. The van der Waals surface area contributed by atoms with Crippen LogP contribution in [-0.2, 0) is 4.74 Å². The SMILES string of the molecule is CC/C=C\CCCCCOCCCCCCCCCBr. The van der Waals surface area contributed by atoms with Gasteiger partial charge in [0.1, 0.15) is 0 Å². The fraction of sp³-hybridized carbons (Fsp3) is 0.889. The van der Waals surface area contributed by atoms with Gasteiger partial charge in [-0.15, -0.1) is 0 Å². The third-order valence-electron chi connectivity index (χ3n) is 3.48. The van der Waals surface area contributed by atoms with Crippen molar-refractivity contribution >= 4 is 15.9 Å². The molecule has 0 N–H and O–H groups in total. The maximum atomic E-state index is 5.68. The van der Waals surface area contributed by atoms with Gasteiger partial charge in [0.2, 0.25) is 0 Å². The Bertz CT molecular complexity index is 192. The Morgan fingerprint density at radius 2 is 1.25 bits per heavy atom. The lowest BCUT2D eigenvalue weighted by Crippen LogP contribution is -1.97. The standard InChI is InChI=1S/C18H35BrO/c1-2-3-4-5-8-11-14-17-20-18-15-12-9-6-7-10-13-16-19/h3-4H,2,5-18H2,1H3/b4-3-. The zero-order valence-corrected chi connectivity index (χ0v) is 15.1. The summed E-state index contributed by atoms with van der Waals surface area (Å²) >= 11 is 3.47. The highest BCUT2D eigenvalue weighted by Gasteiger charge is 1.93. The van der Waals surface area contributed by atoms with E-state index in [0.29, 0.717) is 0 Å². The molecule has 0 aliphatic heterocycles. The van der Waals surface area contributed by atoms with Crippen LogP contribution < -0.4 is 0 Å². The van der Waals surface area contributed by atoms with Gasteiger partial charge in [-0.3, -0.25) is 0 Å². The molecular formula is C18H35BrO. The van der Waals surface area contributed by atoms with Gasteiger partial charge in [-0.1, -0.05) is 73.5 Å². The maximum absolute atomic E-state index is 5.68. The number of allylic oxidation sites excluding steroid dienone is 2. The topological polar surface area (TPSA) is 9.23 Å². The smallest absolute Gasteiger partial charge is 0.0466 e. The van der Waals surface area contributed by atoms with Gasteiger partial charge in [0.15, 0.2) is 0 Å². The van der Waals surface area contributed by atoms with Crippen molar-refractivity contribution in [2.24, 2.45) is 0 Å². The third-order valence-corrected chi connectivity index (χ3v) is 4.04. The van der Waals surface area contributed by atoms with Crippen molar-refractivity contribution < 1.29 is 4.74 Å². The highest BCUT2D eigenvalue weighted by atomic mass is 79.9. The molecule has 0 bridgehead atoms. The first-order valence-corrected chi connectivity index (χ1v) is 9.82. The lowest BCUT2D eigenvalue weighted by Gasteiger charge is -2.04. The van der Waals surface area contributed by atoms with E-state index in [9.17, 15) is 0 Å². The fourth-order valence-electron chi connectivity index (χ4n) is 2.21. The lowest BCUT2D eigenvalue weighted by atomic mass is 10.1. The van der Waals surface area contributed by atoms with Gasteiger partial charge >= 0.3 is 0 Å². The Balaban J connectivity index is 2.94. The summed E-state index contributed by atoms with van der Waals surface area (Å²) in [5.41, 5.74) is 0. The van der Waals surface area contributed by atoms with E-state index in [2.05, 4.69) is 35.0 Å². The molecule has 0 aromatic rings. The van der Waals surface area contributed by atoms with Gasteiger partial charge in [0.25, 0.3) is 0 Å². The number of alkyl halides is 1. The molecule has 0 spiro atoms. The Morgan fingerprint density at radius 3 is 1.85 bits per heavy atom. The molecule has 0 aromatic heterocycles. The Kier molecular flexibility index (Phi) is 19.4. The lowest BCUT2D eigenvalue weighted by molar-refractivity contribution is 0.126. The van der Waals surface area contributed by atoms with Crippen LogP contribution in [0.1, 0.15) is 84.0 Å². The largest absolute Gasteiger partial charge is 0.381 e. The van der Waals surface area contributed by atoms with Crippen molar-refractivity contribution in [3.63, 3.8) is 0 Å². The van der Waals surface area contributed by atoms with E-state index in [1.165, 1.54) is 77.0 Å². The van der Waals surface area contributed by atoms with Crippen LogP contribution in [0.3, 0.4) is 0 Å². The van der Waals surface area contributed by atoms with Crippen molar-refractivity contribution in [3.8, 4) is 0 Å². The first-order valence-electron chi connectivity index (χ1n) is 8.70. The molecule has 0 saturated heterocycles. The molecule has 0 atom stereocenters. The zero-order chi connectivity index (χ0) is 14.7. The molecule has 0 aliphatic carbocycles. The first-order chi connectivity index (χ1) is 9.91. The van der Waals surface area contributed by atoms with Crippen molar-refractivity contribution in [2.75, 3.05) is 18.5 Å². The molecule has 0 fully saturated rings. The molecule has 0 heterocycles. The molecule has 0 aliphatic rings. The number of halogens is 1. The van der Waals surface area contributed by atoms with Gasteiger partial charge in [-0.25, -0.2) is 0 Å². The third kappa shape index (κ3) is 18.2. The molecule has 0 unspecified atom stereocenters. The van der Waals surface area contributed by atoms with Crippen LogP contribution in [0.25, 0.3) is 0 Å². The highest BCUT2D eigenvalue weighted by molar-refractivity contribution is 9.09. The summed E-state index contributed by atoms with van der Waals surface area (Å²) in [6.07, 6.45) is 20.3. The van der Waals surface area contributed by atoms with Gasteiger partial charge in [0, 0.05) is 18.5 Å². The Labute approximate surface area is 135 Å². The monoisotopic (exact) mass is 346 g/mol. The second-order valence-corrected chi connectivity index (χ2v) is 6.30. The van der Waals surface area contributed by atoms with E-state index in [0.717, 1.165) is 18.5 Å². The summed E-state index contributed by atoms with van der Waals surface area (Å²) in [6.45, 7) is 4.12. The average Bonchev–Trinajstić information content (AvgIpc) is 2.47. The second kappa shape index (κ2) is 19.2. The van der Waals surface area contributed by atoms with Crippen LogP contribution in [0.15, 0.2) is 12.2 Å². The van der Waals surface area contributed by atoms with Gasteiger partial charge in [-0.05, 0) is 38.5 Å². The minimum Gasteiger partial charge on any atom is -0.381 e. The summed E-state index contributed by atoms with van der Waals surface area (Å²) in [4.78, 5) is 0. The summed E-state index contributed by atoms with van der Waals surface area (Å²) in [5, 5.41) is 1.16. The Hall–Kier alpha value is 0.180. The normalized spacial score (nSPS) is 11.5. The molecule has 0 saturated carbocycles. The number of ether oxygens (including phenoxy) is 1. The van der Waals surface area contributed by atoms with Crippen molar-refractivity contribution in [3.05, 3.63) is 12.2 Å². The molecule has 0 amide bonds. The van der Waals surface area contributed by atoms with Crippen LogP contribution in [0.2, 0.25) is 0 Å². The summed E-state index contributed by atoms with van der Waals surface area (Å²) in [6, 6.07) is 0.